The van der Waals surface area contributed by atoms with E-state index in [9.17, 15) is 5.11 Å². The van der Waals surface area contributed by atoms with Crippen molar-refractivity contribution in [2.24, 2.45) is 17.8 Å². The molecule has 3 unspecified atom stereocenters. The lowest BCUT2D eigenvalue weighted by Gasteiger charge is -2.18. The lowest BCUT2D eigenvalue weighted by Crippen LogP contribution is -2.21. The summed E-state index contributed by atoms with van der Waals surface area (Å²) in [4.78, 5) is 4.68. The number of fused-ring (bicyclic) bond motifs is 1. The maximum atomic E-state index is 10.4. The molecule has 0 amide bonds. The molecule has 0 spiro atoms. The van der Waals surface area contributed by atoms with Gasteiger partial charge in [-0.3, -0.25) is 0 Å². The molecule has 3 heteroatoms. The molecular formula is C17H19NOS. The van der Waals surface area contributed by atoms with Gasteiger partial charge in [0, 0.05) is 17.4 Å². The molecule has 20 heavy (non-hydrogen) atoms. The van der Waals surface area contributed by atoms with Gasteiger partial charge in [0.15, 0.2) is 0 Å². The number of aliphatic hydroxyl groups excluding tert-OH is 1. The number of thiazole rings is 1. The predicted molar refractivity (Wildman–Crippen MR) is 81.6 cm³/mol. The van der Waals surface area contributed by atoms with E-state index in [4.69, 9.17) is 0 Å². The minimum atomic E-state index is -0.197. The SMILES string of the molecule is OC(Cc1nc(-c2ccccc2)cs1)C1CC2CC2C1. The molecule has 1 heterocycles. The molecule has 104 valence electrons. The Balaban J connectivity index is 1.43. The van der Waals surface area contributed by atoms with E-state index in [-0.39, 0.29) is 6.10 Å². The van der Waals surface area contributed by atoms with Gasteiger partial charge < -0.3 is 5.11 Å². The van der Waals surface area contributed by atoms with Gasteiger partial charge in [-0.25, -0.2) is 4.98 Å². The van der Waals surface area contributed by atoms with E-state index >= 15 is 0 Å². The Morgan fingerprint density at radius 2 is 1.90 bits per heavy atom. The van der Waals surface area contributed by atoms with Crippen molar-refractivity contribution in [3.63, 3.8) is 0 Å². The third kappa shape index (κ3) is 2.40. The Morgan fingerprint density at radius 3 is 2.65 bits per heavy atom. The van der Waals surface area contributed by atoms with Crippen molar-refractivity contribution in [2.75, 3.05) is 0 Å². The second-order valence-corrected chi connectivity index (χ2v) is 7.19. The fraction of sp³-hybridized carbons (Fsp3) is 0.471. The minimum Gasteiger partial charge on any atom is -0.392 e. The predicted octanol–water partition coefficient (Wildman–Crippen LogP) is 3.76. The zero-order valence-corrected chi connectivity index (χ0v) is 12.2. The summed E-state index contributed by atoms with van der Waals surface area (Å²) in [5.74, 6) is 2.39. The quantitative estimate of drug-likeness (QED) is 0.928. The minimum absolute atomic E-state index is 0.197. The van der Waals surface area contributed by atoms with Gasteiger partial charge in [-0.05, 0) is 37.0 Å². The molecule has 0 radical (unpaired) electrons. The van der Waals surface area contributed by atoms with E-state index in [1.807, 2.05) is 18.2 Å². The van der Waals surface area contributed by atoms with Crippen LogP contribution in [0.2, 0.25) is 0 Å². The van der Waals surface area contributed by atoms with Crippen LogP contribution in [0, 0.1) is 17.8 Å². The fourth-order valence-electron chi connectivity index (χ4n) is 3.57. The molecule has 0 saturated heterocycles. The maximum Gasteiger partial charge on any atom is 0.0958 e. The van der Waals surface area contributed by atoms with Gasteiger partial charge in [0.05, 0.1) is 16.8 Å². The summed E-state index contributed by atoms with van der Waals surface area (Å²) in [5.41, 5.74) is 2.19. The van der Waals surface area contributed by atoms with E-state index in [1.165, 1.54) is 19.3 Å². The van der Waals surface area contributed by atoms with Crippen LogP contribution < -0.4 is 0 Å². The van der Waals surface area contributed by atoms with E-state index < -0.39 is 0 Å². The molecule has 2 aliphatic carbocycles. The number of nitrogens with zero attached hydrogens (tertiary/aromatic N) is 1. The van der Waals surface area contributed by atoms with E-state index in [0.29, 0.717) is 5.92 Å². The van der Waals surface area contributed by atoms with Crippen LogP contribution in [0.15, 0.2) is 35.7 Å². The van der Waals surface area contributed by atoms with Gasteiger partial charge >= 0.3 is 0 Å². The molecule has 2 aliphatic rings. The molecule has 1 N–H and O–H groups in total. The van der Waals surface area contributed by atoms with Gasteiger partial charge in [-0.15, -0.1) is 11.3 Å². The van der Waals surface area contributed by atoms with Crippen molar-refractivity contribution >= 4 is 11.3 Å². The lowest BCUT2D eigenvalue weighted by molar-refractivity contribution is 0.104. The second-order valence-electron chi connectivity index (χ2n) is 6.25. The van der Waals surface area contributed by atoms with Gasteiger partial charge in [0.25, 0.3) is 0 Å². The number of hydrogen-bond acceptors (Lipinski definition) is 3. The molecule has 2 fully saturated rings. The van der Waals surface area contributed by atoms with Gasteiger partial charge in [-0.2, -0.15) is 0 Å². The number of rotatable bonds is 4. The van der Waals surface area contributed by atoms with Crippen LogP contribution in [0.3, 0.4) is 0 Å². The monoisotopic (exact) mass is 285 g/mol. The van der Waals surface area contributed by atoms with Crippen molar-refractivity contribution in [2.45, 2.75) is 31.8 Å². The third-order valence-corrected chi connectivity index (χ3v) is 5.70. The number of aliphatic hydroxyl groups is 1. The van der Waals surface area contributed by atoms with Crippen LogP contribution in [-0.2, 0) is 6.42 Å². The Kier molecular flexibility index (Phi) is 3.12. The van der Waals surface area contributed by atoms with E-state index in [2.05, 4.69) is 22.5 Å². The third-order valence-electron chi connectivity index (χ3n) is 4.83. The van der Waals surface area contributed by atoms with Gasteiger partial charge in [-0.1, -0.05) is 30.3 Å². The summed E-state index contributed by atoms with van der Waals surface area (Å²) in [6.07, 6.45) is 4.42. The zero-order valence-electron chi connectivity index (χ0n) is 11.4. The number of aromatic nitrogens is 1. The Bertz CT molecular complexity index is 584. The molecule has 1 aromatic carbocycles. The summed E-state index contributed by atoms with van der Waals surface area (Å²) >= 11 is 1.67. The van der Waals surface area contributed by atoms with Crippen molar-refractivity contribution in [3.05, 3.63) is 40.7 Å². The van der Waals surface area contributed by atoms with Crippen molar-refractivity contribution in [3.8, 4) is 11.3 Å². The highest BCUT2D eigenvalue weighted by Crippen LogP contribution is 2.55. The van der Waals surface area contributed by atoms with Crippen molar-refractivity contribution in [1.82, 2.24) is 4.98 Å². The molecular weight excluding hydrogens is 266 g/mol. The topological polar surface area (TPSA) is 33.1 Å². The molecule has 0 aliphatic heterocycles. The smallest absolute Gasteiger partial charge is 0.0958 e. The van der Waals surface area contributed by atoms with E-state index in [0.717, 1.165) is 34.5 Å². The summed E-state index contributed by atoms with van der Waals surface area (Å²) in [6, 6.07) is 10.3. The molecule has 3 atom stereocenters. The first-order valence-electron chi connectivity index (χ1n) is 7.47. The molecule has 1 aromatic heterocycles. The summed E-state index contributed by atoms with van der Waals surface area (Å²) in [6.45, 7) is 0. The summed E-state index contributed by atoms with van der Waals surface area (Å²) in [5, 5.41) is 13.6. The molecule has 4 rings (SSSR count). The molecule has 2 nitrogen and oxygen atoms in total. The average molecular weight is 285 g/mol. The first kappa shape index (κ1) is 12.5. The molecule has 2 aromatic rings. The zero-order chi connectivity index (χ0) is 13.5. The largest absolute Gasteiger partial charge is 0.392 e. The highest BCUT2D eigenvalue weighted by Gasteiger charge is 2.47. The van der Waals surface area contributed by atoms with Crippen LogP contribution in [0.5, 0.6) is 0 Å². The maximum absolute atomic E-state index is 10.4. The van der Waals surface area contributed by atoms with Crippen molar-refractivity contribution in [1.29, 1.82) is 0 Å². The molecule has 0 bridgehead atoms. The standard InChI is InChI=1S/C17H19NOS/c19-16(14-7-12-6-13(12)8-14)9-17-18-15(10-20-17)11-4-2-1-3-5-11/h1-5,10,12-14,16,19H,6-9H2. The van der Waals surface area contributed by atoms with Crippen LogP contribution in [-0.4, -0.2) is 16.2 Å². The average Bonchev–Trinajstić information content (AvgIpc) is 2.91. The molecule has 2 saturated carbocycles. The van der Waals surface area contributed by atoms with Crippen LogP contribution in [0.25, 0.3) is 11.3 Å². The lowest BCUT2D eigenvalue weighted by atomic mass is 9.95. The normalized spacial score (nSPS) is 29.1. The fourth-order valence-corrected chi connectivity index (χ4v) is 4.42. The van der Waals surface area contributed by atoms with Gasteiger partial charge in [0.2, 0.25) is 0 Å². The Hall–Kier alpha value is -1.19. The Labute approximate surface area is 123 Å². The first-order chi connectivity index (χ1) is 9.79. The number of benzene rings is 1. The van der Waals surface area contributed by atoms with Crippen molar-refractivity contribution < 1.29 is 5.11 Å². The second kappa shape index (κ2) is 4.97. The van der Waals surface area contributed by atoms with Crippen LogP contribution >= 0.6 is 11.3 Å². The van der Waals surface area contributed by atoms with Crippen LogP contribution in [0.1, 0.15) is 24.3 Å². The number of hydrogen-bond donors (Lipinski definition) is 1. The first-order valence-corrected chi connectivity index (χ1v) is 8.35. The summed E-state index contributed by atoms with van der Waals surface area (Å²) in [7, 11) is 0. The summed E-state index contributed by atoms with van der Waals surface area (Å²) < 4.78 is 0. The van der Waals surface area contributed by atoms with Crippen LogP contribution in [0.4, 0.5) is 0 Å². The van der Waals surface area contributed by atoms with Gasteiger partial charge in [0.1, 0.15) is 0 Å². The van der Waals surface area contributed by atoms with E-state index in [1.54, 1.807) is 11.3 Å². The highest BCUT2D eigenvalue weighted by molar-refractivity contribution is 7.09. The Morgan fingerprint density at radius 1 is 1.15 bits per heavy atom. The highest BCUT2D eigenvalue weighted by atomic mass is 32.1.